The number of carbonyl (C=O) groups excluding carboxylic acids is 2. The van der Waals surface area contributed by atoms with E-state index in [0.717, 1.165) is 0 Å². The van der Waals surface area contributed by atoms with E-state index in [2.05, 4.69) is 15.3 Å². The van der Waals surface area contributed by atoms with E-state index in [9.17, 15) is 9.59 Å². The predicted octanol–water partition coefficient (Wildman–Crippen LogP) is 4.72. The number of hydrogen-bond donors (Lipinski definition) is 1. The van der Waals surface area contributed by atoms with Crippen LogP contribution in [0.4, 0.5) is 11.4 Å². The molecule has 4 rings (SSSR count). The predicted molar refractivity (Wildman–Crippen MR) is 146 cm³/mol. The fourth-order valence-electron chi connectivity index (χ4n) is 3.91. The van der Waals surface area contributed by atoms with Crippen LogP contribution in [0, 0.1) is 6.92 Å². The van der Waals surface area contributed by atoms with E-state index in [4.69, 9.17) is 28.1 Å². The summed E-state index contributed by atoms with van der Waals surface area (Å²) < 4.78 is 32.9. The number of fused-ring (bicyclic) bond motifs is 1. The van der Waals surface area contributed by atoms with E-state index in [-0.39, 0.29) is 17.7 Å². The number of methoxy groups -OCH3 is 4. The van der Waals surface area contributed by atoms with E-state index < -0.39 is 11.9 Å². The first-order valence-electron chi connectivity index (χ1n) is 12.1. The molecule has 0 aliphatic rings. The molecule has 2 aromatic carbocycles. The SMILES string of the molecule is COc1ccc(N=c2oc3c(C)ncc(COC(C)=O)c3cc2C(=O)Nc2ccc(OC)cc2OC)c(OC)c1. The van der Waals surface area contributed by atoms with Crippen LogP contribution in [0.3, 0.4) is 0 Å². The Morgan fingerprint density at radius 2 is 1.60 bits per heavy atom. The summed E-state index contributed by atoms with van der Waals surface area (Å²) in [5.41, 5.74) is 2.44. The van der Waals surface area contributed by atoms with Crippen LogP contribution in [0.15, 0.2) is 58.1 Å². The topological polar surface area (TPSA) is 131 Å². The molecule has 2 aromatic heterocycles. The third-order valence-electron chi connectivity index (χ3n) is 5.99. The molecule has 0 bridgehead atoms. The van der Waals surface area contributed by atoms with Crippen molar-refractivity contribution in [3.05, 3.63) is 71.0 Å². The van der Waals surface area contributed by atoms with Gasteiger partial charge in [-0.25, -0.2) is 4.99 Å². The number of pyridine rings is 1. The average Bonchev–Trinajstić information content (AvgIpc) is 2.96. The van der Waals surface area contributed by atoms with E-state index in [1.54, 1.807) is 62.7 Å². The van der Waals surface area contributed by atoms with Crippen molar-refractivity contribution in [2.75, 3.05) is 33.8 Å². The van der Waals surface area contributed by atoms with Crippen LogP contribution in [-0.4, -0.2) is 45.3 Å². The second-order valence-corrected chi connectivity index (χ2v) is 8.53. The van der Waals surface area contributed by atoms with Gasteiger partial charge in [-0.1, -0.05) is 0 Å². The highest BCUT2D eigenvalue weighted by molar-refractivity contribution is 6.06. The number of amides is 1. The Bertz CT molecular complexity index is 1640. The third kappa shape index (κ3) is 5.98. The summed E-state index contributed by atoms with van der Waals surface area (Å²) in [6.45, 7) is 3.03. The van der Waals surface area contributed by atoms with Gasteiger partial charge in [-0.05, 0) is 37.3 Å². The van der Waals surface area contributed by atoms with Gasteiger partial charge in [-0.3, -0.25) is 14.6 Å². The van der Waals surface area contributed by atoms with Crippen LogP contribution in [0.2, 0.25) is 0 Å². The van der Waals surface area contributed by atoms with E-state index in [1.165, 1.54) is 28.3 Å². The smallest absolute Gasteiger partial charge is 0.302 e. The van der Waals surface area contributed by atoms with Crippen molar-refractivity contribution >= 4 is 34.2 Å². The minimum Gasteiger partial charge on any atom is -0.497 e. The molecule has 0 aliphatic heterocycles. The van der Waals surface area contributed by atoms with Gasteiger partial charge in [0.15, 0.2) is 5.58 Å². The van der Waals surface area contributed by atoms with Gasteiger partial charge in [0.05, 0.1) is 39.8 Å². The van der Waals surface area contributed by atoms with Gasteiger partial charge in [0.25, 0.3) is 5.91 Å². The Kier molecular flexibility index (Phi) is 8.53. The van der Waals surface area contributed by atoms with Crippen molar-refractivity contribution in [2.24, 2.45) is 4.99 Å². The lowest BCUT2D eigenvalue weighted by atomic mass is 10.1. The van der Waals surface area contributed by atoms with Gasteiger partial charge in [0.2, 0.25) is 5.55 Å². The maximum atomic E-state index is 13.7. The molecule has 1 amide bonds. The standard InChI is InChI=1S/C29H29N3O8/c1-16-27-21(18(14-30-16)15-39-17(2)33)13-22(28(34)31-23-9-7-19(35-3)11-25(23)37-5)29(40-27)32-24-10-8-20(36-4)12-26(24)38-6/h7-14H,15H2,1-6H3,(H,31,34). The first-order chi connectivity index (χ1) is 19.3. The molecule has 40 heavy (non-hydrogen) atoms. The zero-order valence-electron chi connectivity index (χ0n) is 23.0. The molecule has 0 saturated carbocycles. The second kappa shape index (κ2) is 12.2. The lowest BCUT2D eigenvalue weighted by molar-refractivity contribution is -0.142. The molecule has 4 aromatic rings. The molecule has 11 heteroatoms. The highest BCUT2D eigenvalue weighted by atomic mass is 16.5. The van der Waals surface area contributed by atoms with Crippen LogP contribution in [-0.2, 0) is 16.1 Å². The van der Waals surface area contributed by atoms with Gasteiger partial charge in [-0.2, -0.15) is 0 Å². The number of rotatable bonds is 9. The molecule has 0 radical (unpaired) electrons. The first-order valence-corrected chi connectivity index (χ1v) is 12.1. The Balaban J connectivity index is 1.93. The Morgan fingerprint density at radius 3 is 2.25 bits per heavy atom. The van der Waals surface area contributed by atoms with Crippen molar-refractivity contribution in [1.29, 1.82) is 0 Å². The molecule has 0 saturated heterocycles. The van der Waals surface area contributed by atoms with Gasteiger partial charge in [0, 0.05) is 36.2 Å². The third-order valence-corrected chi connectivity index (χ3v) is 5.99. The number of nitrogens with one attached hydrogen (secondary N) is 1. The number of hydrogen-bond acceptors (Lipinski definition) is 10. The maximum Gasteiger partial charge on any atom is 0.302 e. The molecule has 0 aliphatic carbocycles. The molecular formula is C29H29N3O8. The number of carbonyl (C=O) groups is 2. The summed E-state index contributed by atoms with van der Waals surface area (Å²) in [6.07, 6.45) is 1.58. The minimum atomic E-state index is -0.520. The van der Waals surface area contributed by atoms with Gasteiger partial charge in [-0.15, -0.1) is 0 Å². The number of anilines is 1. The van der Waals surface area contributed by atoms with E-state index >= 15 is 0 Å². The molecule has 11 nitrogen and oxygen atoms in total. The lowest BCUT2D eigenvalue weighted by Gasteiger charge is -2.13. The maximum absolute atomic E-state index is 13.7. The largest absolute Gasteiger partial charge is 0.497 e. The lowest BCUT2D eigenvalue weighted by Crippen LogP contribution is -2.22. The molecule has 2 heterocycles. The van der Waals surface area contributed by atoms with Crippen LogP contribution in [0.25, 0.3) is 11.0 Å². The molecule has 208 valence electrons. The number of benzene rings is 2. The number of ether oxygens (including phenoxy) is 5. The summed E-state index contributed by atoms with van der Waals surface area (Å²) in [4.78, 5) is 34.2. The Hall–Kier alpha value is -5.06. The van der Waals surface area contributed by atoms with Crippen molar-refractivity contribution in [2.45, 2.75) is 20.5 Å². The number of aromatic nitrogens is 1. The summed E-state index contributed by atoms with van der Waals surface area (Å²) in [6, 6.07) is 11.7. The van der Waals surface area contributed by atoms with Gasteiger partial charge < -0.3 is 33.4 Å². The molecule has 0 fully saturated rings. The Labute approximate surface area is 230 Å². The van der Waals surface area contributed by atoms with Crippen molar-refractivity contribution < 1.29 is 37.7 Å². The fourth-order valence-corrected chi connectivity index (χ4v) is 3.91. The average molecular weight is 548 g/mol. The summed E-state index contributed by atoms with van der Waals surface area (Å²) >= 11 is 0. The van der Waals surface area contributed by atoms with Crippen molar-refractivity contribution in [3.63, 3.8) is 0 Å². The molecule has 1 N–H and O–H groups in total. The zero-order valence-corrected chi connectivity index (χ0v) is 23.0. The first kappa shape index (κ1) is 28.0. The summed E-state index contributed by atoms with van der Waals surface area (Å²) in [5, 5.41) is 3.40. The van der Waals surface area contributed by atoms with Crippen LogP contribution in [0.1, 0.15) is 28.5 Å². The Morgan fingerprint density at radius 1 is 0.925 bits per heavy atom. The second-order valence-electron chi connectivity index (χ2n) is 8.53. The molecule has 0 spiro atoms. The summed E-state index contributed by atoms with van der Waals surface area (Å²) in [7, 11) is 6.08. The van der Waals surface area contributed by atoms with Crippen LogP contribution >= 0.6 is 0 Å². The number of nitrogens with zero attached hydrogens (tertiary/aromatic N) is 2. The fraction of sp³-hybridized carbons (Fsp3) is 0.241. The van der Waals surface area contributed by atoms with Gasteiger partial charge in [0.1, 0.15) is 40.9 Å². The van der Waals surface area contributed by atoms with Crippen LogP contribution in [0.5, 0.6) is 23.0 Å². The molecular weight excluding hydrogens is 518 g/mol. The van der Waals surface area contributed by atoms with Gasteiger partial charge >= 0.3 is 5.97 Å². The number of esters is 1. The normalized spacial score (nSPS) is 11.2. The zero-order chi connectivity index (χ0) is 28.8. The molecule has 0 unspecified atom stereocenters. The number of aryl methyl sites for hydroxylation is 1. The minimum absolute atomic E-state index is 0.00971. The monoisotopic (exact) mass is 547 g/mol. The van der Waals surface area contributed by atoms with Crippen molar-refractivity contribution in [3.8, 4) is 23.0 Å². The highest BCUT2D eigenvalue weighted by Crippen LogP contribution is 2.32. The van der Waals surface area contributed by atoms with E-state index in [1.807, 2.05) is 0 Å². The molecule has 0 atom stereocenters. The van der Waals surface area contributed by atoms with Crippen molar-refractivity contribution in [1.82, 2.24) is 4.98 Å². The van der Waals surface area contributed by atoms with Crippen LogP contribution < -0.4 is 29.8 Å². The highest BCUT2D eigenvalue weighted by Gasteiger charge is 2.19. The summed E-state index contributed by atoms with van der Waals surface area (Å²) in [5.74, 6) is 0.983. The van der Waals surface area contributed by atoms with E-state index in [0.29, 0.717) is 56.6 Å². The quantitative estimate of drug-likeness (QED) is 0.296.